The van der Waals surface area contributed by atoms with Crippen molar-refractivity contribution >= 4 is 0 Å². The number of rotatable bonds is 5. The van der Waals surface area contributed by atoms with E-state index in [4.69, 9.17) is 15.3 Å². The molecular weight excluding hydrogens is 200 g/mol. The van der Waals surface area contributed by atoms with Crippen molar-refractivity contribution in [2.45, 2.75) is 18.9 Å². The van der Waals surface area contributed by atoms with Crippen LogP contribution in [-0.2, 0) is 4.74 Å². The molecular formula is C13H14N2O. The van der Waals surface area contributed by atoms with E-state index < -0.39 is 0 Å². The molecule has 0 saturated heterocycles. The Labute approximate surface area is 95.9 Å². The molecule has 0 fully saturated rings. The molecule has 16 heavy (non-hydrogen) atoms. The van der Waals surface area contributed by atoms with E-state index in [1.807, 2.05) is 36.4 Å². The molecule has 0 amide bonds. The zero-order chi connectivity index (χ0) is 11.8. The van der Waals surface area contributed by atoms with E-state index in [0.717, 1.165) is 5.56 Å². The first-order valence-electron chi connectivity index (χ1n) is 5.16. The predicted octanol–water partition coefficient (Wildman–Crippen LogP) is 2.82. The summed E-state index contributed by atoms with van der Waals surface area (Å²) < 4.78 is 5.35. The highest BCUT2D eigenvalue weighted by Gasteiger charge is 2.17. The van der Waals surface area contributed by atoms with Gasteiger partial charge in [-0.05, 0) is 12.0 Å². The summed E-state index contributed by atoms with van der Waals surface area (Å²) in [5.41, 5.74) is 1.04. The predicted molar refractivity (Wildman–Crippen MR) is 60.1 cm³/mol. The zero-order valence-corrected chi connectivity index (χ0v) is 9.26. The van der Waals surface area contributed by atoms with Crippen molar-refractivity contribution in [3.8, 4) is 12.1 Å². The lowest BCUT2D eigenvalue weighted by molar-refractivity contribution is 0.0869. The topological polar surface area (TPSA) is 56.8 Å². The number of ether oxygens (including phenoxy) is 1. The van der Waals surface area contributed by atoms with E-state index in [-0.39, 0.29) is 18.4 Å². The van der Waals surface area contributed by atoms with Crippen molar-refractivity contribution < 1.29 is 4.74 Å². The average Bonchev–Trinajstić information content (AvgIpc) is 2.35. The normalized spacial score (nSPS) is 13.4. The molecule has 0 N–H and O–H groups in total. The second-order valence-electron chi connectivity index (χ2n) is 3.56. The molecule has 1 aromatic carbocycles. The molecule has 3 heteroatoms. The Morgan fingerprint density at radius 1 is 1.25 bits per heavy atom. The van der Waals surface area contributed by atoms with Crippen LogP contribution < -0.4 is 0 Å². The molecule has 3 nitrogen and oxygen atoms in total. The molecule has 0 aliphatic heterocycles. The summed E-state index contributed by atoms with van der Waals surface area (Å²) in [6.07, 6.45) is 0.701. The molecule has 0 heterocycles. The minimum Gasteiger partial charge on any atom is -0.377 e. The van der Waals surface area contributed by atoms with Crippen molar-refractivity contribution in [1.29, 1.82) is 10.5 Å². The highest BCUT2D eigenvalue weighted by Crippen LogP contribution is 2.25. The number of nitriles is 2. The van der Waals surface area contributed by atoms with Gasteiger partial charge in [0.1, 0.15) is 0 Å². The minimum atomic E-state index is -0.268. The monoisotopic (exact) mass is 214 g/mol. The summed E-state index contributed by atoms with van der Waals surface area (Å²) in [5.74, 6) is -0.268. The average molecular weight is 214 g/mol. The van der Waals surface area contributed by atoms with Crippen LogP contribution in [-0.4, -0.2) is 7.11 Å². The number of methoxy groups -OCH3 is 1. The summed E-state index contributed by atoms with van der Waals surface area (Å²) in [4.78, 5) is 0. The Morgan fingerprint density at radius 2 is 1.94 bits per heavy atom. The quantitative estimate of drug-likeness (QED) is 0.757. The summed E-state index contributed by atoms with van der Waals surface area (Å²) in [6, 6.07) is 13.9. The number of hydrogen-bond acceptors (Lipinski definition) is 3. The molecule has 2 unspecified atom stereocenters. The van der Waals surface area contributed by atoms with E-state index >= 15 is 0 Å². The number of hydrogen-bond donors (Lipinski definition) is 0. The highest BCUT2D eigenvalue weighted by molar-refractivity contribution is 5.18. The molecule has 2 atom stereocenters. The van der Waals surface area contributed by atoms with Gasteiger partial charge in [-0.1, -0.05) is 30.3 Å². The second kappa shape index (κ2) is 6.61. The van der Waals surface area contributed by atoms with Gasteiger partial charge < -0.3 is 4.74 Å². The maximum absolute atomic E-state index is 8.89. The van der Waals surface area contributed by atoms with Crippen molar-refractivity contribution in [3.63, 3.8) is 0 Å². The van der Waals surface area contributed by atoms with E-state index in [0.29, 0.717) is 6.42 Å². The fraction of sp³-hybridized carbons (Fsp3) is 0.385. The van der Waals surface area contributed by atoms with Gasteiger partial charge in [-0.15, -0.1) is 0 Å². The van der Waals surface area contributed by atoms with Gasteiger partial charge in [0.2, 0.25) is 0 Å². The van der Waals surface area contributed by atoms with Crippen molar-refractivity contribution in [2.75, 3.05) is 7.11 Å². The van der Waals surface area contributed by atoms with Crippen LogP contribution in [0.5, 0.6) is 0 Å². The second-order valence-corrected chi connectivity index (χ2v) is 3.56. The van der Waals surface area contributed by atoms with Crippen LogP contribution in [0.2, 0.25) is 0 Å². The van der Waals surface area contributed by atoms with E-state index in [1.165, 1.54) is 0 Å². The van der Waals surface area contributed by atoms with Crippen LogP contribution in [0.15, 0.2) is 30.3 Å². The van der Waals surface area contributed by atoms with Crippen LogP contribution >= 0.6 is 0 Å². The third-order valence-corrected chi connectivity index (χ3v) is 2.47. The molecule has 82 valence electrons. The lowest BCUT2D eigenvalue weighted by Gasteiger charge is -2.17. The van der Waals surface area contributed by atoms with Gasteiger partial charge in [-0.2, -0.15) is 10.5 Å². The first-order valence-corrected chi connectivity index (χ1v) is 5.16. The first kappa shape index (κ1) is 12.2. The smallest absolute Gasteiger partial charge is 0.0834 e. The Kier molecular flexibility index (Phi) is 5.05. The Hall–Kier alpha value is -1.84. The third kappa shape index (κ3) is 3.38. The molecule has 0 aliphatic carbocycles. The lowest BCUT2D eigenvalue weighted by Crippen LogP contribution is -2.08. The largest absolute Gasteiger partial charge is 0.377 e. The van der Waals surface area contributed by atoms with Crippen LogP contribution in [0.25, 0.3) is 0 Å². The van der Waals surface area contributed by atoms with Gasteiger partial charge in [0.25, 0.3) is 0 Å². The van der Waals surface area contributed by atoms with Crippen LogP contribution in [0.4, 0.5) is 0 Å². The molecule has 1 rings (SSSR count). The number of nitrogens with zero attached hydrogens (tertiary/aromatic N) is 2. The summed E-state index contributed by atoms with van der Waals surface area (Å²) in [7, 11) is 1.62. The first-order chi connectivity index (χ1) is 7.81. The number of benzene rings is 1. The van der Waals surface area contributed by atoms with Gasteiger partial charge in [-0.25, -0.2) is 0 Å². The molecule has 0 saturated carbocycles. The van der Waals surface area contributed by atoms with Gasteiger partial charge in [0.15, 0.2) is 0 Å². The molecule has 0 bridgehead atoms. The fourth-order valence-electron chi connectivity index (χ4n) is 1.59. The van der Waals surface area contributed by atoms with Crippen molar-refractivity contribution in [2.24, 2.45) is 5.92 Å². The summed E-state index contributed by atoms with van der Waals surface area (Å²) in [6.45, 7) is 0. The standard InChI is InChI=1S/C13H14N2O/c1-16-13(9-11(10-15)7-8-14)12-5-3-2-4-6-12/h2-6,11,13H,7,9H2,1H3. The molecule has 0 spiro atoms. The maximum atomic E-state index is 8.89. The van der Waals surface area contributed by atoms with Gasteiger partial charge in [0, 0.05) is 7.11 Å². The van der Waals surface area contributed by atoms with Gasteiger partial charge in [0.05, 0.1) is 30.6 Å². The highest BCUT2D eigenvalue weighted by atomic mass is 16.5. The van der Waals surface area contributed by atoms with Crippen LogP contribution in [0, 0.1) is 28.6 Å². The fourth-order valence-corrected chi connectivity index (χ4v) is 1.59. The van der Waals surface area contributed by atoms with Gasteiger partial charge in [-0.3, -0.25) is 0 Å². The SMILES string of the molecule is COC(CC(C#N)CC#N)c1ccccc1. The Morgan fingerprint density at radius 3 is 2.44 bits per heavy atom. The third-order valence-electron chi connectivity index (χ3n) is 2.47. The van der Waals surface area contributed by atoms with Gasteiger partial charge >= 0.3 is 0 Å². The molecule has 0 aliphatic rings. The minimum absolute atomic E-state index is 0.112. The van der Waals surface area contributed by atoms with Crippen LogP contribution in [0.1, 0.15) is 24.5 Å². The maximum Gasteiger partial charge on any atom is 0.0834 e. The van der Waals surface area contributed by atoms with E-state index in [2.05, 4.69) is 6.07 Å². The molecule has 0 aromatic heterocycles. The van der Waals surface area contributed by atoms with E-state index in [9.17, 15) is 0 Å². The Balaban J connectivity index is 2.70. The van der Waals surface area contributed by atoms with Crippen molar-refractivity contribution in [1.82, 2.24) is 0 Å². The van der Waals surface area contributed by atoms with E-state index in [1.54, 1.807) is 7.11 Å². The summed E-state index contributed by atoms with van der Waals surface area (Å²) in [5, 5.41) is 17.5. The van der Waals surface area contributed by atoms with Crippen molar-refractivity contribution in [3.05, 3.63) is 35.9 Å². The molecule has 0 radical (unpaired) electrons. The van der Waals surface area contributed by atoms with Crippen LogP contribution in [0.3, 0.4) is 0 Å². The Bertz CT molecular complexity index is 389. The summed E-state index contributed by atoms with van der Waals surface area (Å²) >= 11 is 0. The molecule has 1 aromatic rings. The lowest BCUT2D eigenvalue weighted by atomic mass is 9.96. The zero-order valence-electron chi connectivity index (χ0n) is 9.26.